The lowest BCUT2D eigenvalue weighted by Gasteiger charge is -2.39. The molecule has 7 heteroatoms. The summed E-state index contributed by atoms with van der Waals surface area (Å²) < 4.78 is 28.7. The van der Waals surface area contributed by atoms with Gasteiger partial charge in [0.25, 0.3) is 8.53 Å². The Morgan fingerprint density at radius 2 is 1.93 bits per heavy atom. The Labute approximate surface area is 184 Å². The quantitative estimate of drug-likeness (QED) is 0.390. The summed E-state index contributed by atoms with van der Waals surface area (Å²) in [4.78, 5) is 0. The van der Waals surface area contributed by atoms with Crippen molar-refractivity contribution in [3.63, 3.8) is 0 Å². The van der Waals surface area contributed by atoms with Gasteiger partial charge < -0.3 is 18.2 Å². The summed E-state index contributed by atoms with van der Waals surface area (Å²) in [6.07, 6.45) is 3.40. The maximum Gasteiger partial charge on any atom is 0.260 e. The van der Waals surface area contributed by atoms with Crippen molar-refractivity contribution in [3.8, 4) is 0 Å². The zero-order valence-corrected chi connectivity index (χ0v) is 21.2. The van der Waals surface area contributed by atoms with Crippen LogP contribution in [0.1, 0.15) is 58.6 Å². The monoisotopic (exact) mass is 451 g/mol. The van der Waals surface area contributed by atoms with E-state index in [-0.39, 0.29) is 29.5 Å². The van der Waals surface area contributed by atoms with Crippen LogP contribution >= 0.6 is 8.53 Å². The van der Waals surface area contributed by atoms with E-state index in [4.69, 9.17) is 18.2 Å². The molecule has 0 aromatic heterocycles. The molecule has 0 N–H and O–H groups in total. The number of nitrogens with zero attached hydrogens (tertiary/aromatic N) is 1. The molecule has 6 atom stereocenters. The topological polar surface area (TPSA) is 40.2 Å². The number of rotatable bonds is 6. The summed E-state index contributed by atoms with van der Waals surface area (Å²) >= 11 is 0. The zero-order valence-electron chi connectivity index (χ0n) is 19.3. The number of fused-ring (bicyclic) bond motifs is 1. The summed E-state index contributed by atoms with van der Waals surface area (Å²) in [5.74, 6) is 0. The second kappa shape index (κ2) is 8.90. The van der Waals surface area contributed by atoms with E-state index >= 15 is 0 Å². The smallest absolute Gasteiger partial charge is 0.260 e. The molecule has 0 aliphatic carbocycles. The van der Waals surface area contributed by atoms with Crippen molar-refractivity contribution in [3.05, 3.63) is 35.9 Å². The van der Waals surface area contributed by atoms with Crippen LogP contribution in [0, 0.1) is 0 Å². The van der Waals surface area contributed by atoms with Crippen LogP contribution in [-0.4, -0.2) is 50.5 Å². The minimum Gasteiger partial charge on any atom is -0.409 e. The minimum atomic E-state index is -1.91. The first-order chi connectivity index (χ1) is 14.2. The van der Waals surface area contributed by atoms with E-state index in [1.807, 2.05) is 0 Å². The van der Waals surface area contributed by atoms with Crippen molar-refractivity contribution in [2.75, 3.05) is 13.2 Å². The van der Waals surface area contributed by atoms with Crippen molar-refractivity contribution in [1.82, 2.24) is 4.67 Å². The van der Waals surface area contributed by atoms with Gasteiger partial charge in [-0.05, 0) is 43.0 Å². The number of hydrogen-bond donors (Lipinski definition) is 0. The van der Waals surface area contributed by atoms with Crippen molar-refractivity contribution in [2.45, 2.75) is 95.5 Å². The molecule has 5 nitrogen and oxygen atoms in total. The Morgan fingerprint density at radius 3 is 2.60 bits per heavy atom. The normalized spacial score (nSPS) is 35.1. The predicted molar refractivity (Wildman–Crippen MR) is 124 cm³/mol. The van der Waals surface area contributed by atoms with Crippen LogP contribution in [-0.2, 0) is 18.2 Å². The molecule has 0 bridgehead atoms. The molecule has 3 aliphatic rings. The van der Waals surface area contributed by atoms with E-state index in [0.717, 1.165) is 13.0 Å². The van der Waals surface area contributed by atoms with Gasteiger partial charge in [0.1, 0.15) is 12.2 Å². The van der Waals surface area contributed by atoms with Crippen molar-refractivity contribution >= 4 is 16.8 Å². The molecule has 3 fully saturated rings. The molecule has 168 valence electrons. The lowest BCUT2D eigenvalue weighted by molar-refractivity contribution is 0.0351. The Kier molecular flexibility index (Phi) is 6.77. The molecule has 0 saturated carbocycles. The molecule has 1 unspecified atom stereocenters. The summed E-state index contributed by atoms with van der Waals surface area (Å²) in [6.45, 7) is 15.3. The summed E-state index contributed by atoms with van der Waals surface area (Å²) in [5.41, 5.74) is 1.26. The molecule has 3 aliphatic heterocycles. The molecule has 1 aromatic carbocycles. The number of ether oxygens (including phenoxy) is 1. The first-order valence-corrected chi connectivity index (χ1v) is 15.5. The standard InChI is InChI=1S/C23H38NO4PSi/c1-7-19-22(20(16-25-19)28-30(5,6)23(2,3)4)27-29-24-15-11-14-18(24)21(26-29)17-12-9-8-10-13-17/h8-10,12-13,18-22H,7,11,14-16H2,1-6H3/t18-,19+,20+,21+,22?,29+/m0/s1. The molecular weight excluding hydrogens is 413 g/mol. The fourth-order valence-corrected chi connectivity index (χ4v) is 7.74. The van der Waals surface area contributed by atoms with E-state index in [0.29, 0.717) is 12.6 Å². The second-order valence-corrected chi connectivity index (χ2v) is 16.5. The molecule has 30 heavy (non-hydrogen) atoms. The summed E-state index contributed by atoms with van der Waals surface area (Å²) in [6, 6.07) is 11.0. The van der Waals surface area contributed by atoms with Crippen LogP contribution in [0.15, 0.2) is 30.3 Å². The van der Waals surface area contributed by atoms with E-state index in [1.165, 1.54) is 18.4 Å². The lowest BCUT2D eigenvalue weighted by Crippen LogP contribution is -2.48. The first-order valence-electron chi connectivity index (χ1n) is 11.5. The number of hydrogen-bond acceptors (Lipinski definition) is 5. The molecule has 3 heterocycles. The molecule has 0 radical (unpaired) electrons. The predicted octanol–water partition coefficient (Wildman–Crippen LogP) is 6.03. The third kappa shape index (κ3) is 4.43. The second-order valence-electron chi connectivity index (χ2n) is 10.3. The Balaban J connectivity index is 1.50. The van der Waals surface area contributed by atoms with Gasteiger partial charge >= 0.3 is 0 Å². The largest absolute Gasteiger partial charge is 0.409 e. The van der Waals surface area contributed by atoms with Crippen LogP contribution in [0.2, 0.25) is 18.1 Å². The van der Waals surface area contributed by atoms with Gasteiger partial charge in [-0.1, -0.05) is 58.0 Å². The molecule has 0 spiro atoms. The van der Waals surface area contributed by atoms with E-state index in [1.54, 1.807) is 0 Å². The van der Waals surface area contributed by atoms with Gasteiger partial charge in [0, 0.05) is 12.6 Å². The highest BCUT2D eigenvalue weighted by Crippen LogP contribution is 2.61. The van der Waals surface area contributed by atoms with Crippen molar-refractivity contribution < 1.29 is 18.2 Å². The Bertz CT molecular complexity index is 713. The van der Waals surface area contributed by atoms with Gasteiger partial charge in [0.05, 0.1) is 18.8 Å². The fraction of sp³-hybridized carbons (Fsp3) is 0.739. The van der Waals surface area contributed by atoms with Crippen LogP contribution in [0.25, 0.3) is 0 Å². The van der Waals surface area contributed by atoms with Crippen LogP contribution < -0.4 is 0 Å². The minimum absolute atomic E-state index is 0.0150. The molecule has 0 amide bonds. The van der Waals surface area contributed by atoms with Gasteiger partial charge in [-0.3, -0.25) is 0 Å². The van der Waals surface area contributed by atoms with Crippen molar-refractivity contribution in [2.24, 2.45) is 0 Å². The van der Waals surface area contributed by atoms with Gasteiger partial charge in [0.2, 0.25) is 0 Å². The fourth-order valence-electron chi connectivity index (χ4n) is 4.42. The van der Waals surface area contributed by atoms with Gasteiger partial charge in [-0.2, -0.15) is 0 Å². The number of benzene rings is 1. The molecule has 1 aromatic rings. The van der Waals surface area contributed by atoms with Crippen LogP contribution in [0.5, 0.6) is 0 Å². The highest BCUT2D eigenvalue weighted by molar-refractivity contribution is 7.45. The third-order valence-electron chi connectivity index (χ3n) is 7.23. The van der Waals surface area contributed by atoms with Crippen molar-refractivity contribution in [1.29, 1.82) is 0 Å². The van der Waals surface area contributed by atoms with E-state index in [2.05, 4.69) is 75.8 Å². The highest BCUT2D eigenvalue weighted by Gasteiger charge is 2.52. The average molecular weight is 452 g/mol. The average Bonchev–Trinajstić information content (AvgIpc) is 3.39. The Morgan fingerprint density at radius 1 is 1.20 bits per heavy atom. The summed E-state index contributed by atoms with van der Waals surface area (Å²) in [7, 11) is -3.01. The SMILES string of the molecule is CC[C@H]1OC[C@@H](O[Si](C)(C)C(C)(C)C)C1O[P@@]1O[C@H](c2ccccc2)[C@@H]2CCCN21. The van der Waals surface area contributed by atoms with E-state index in [9.17, 15) is 0 Å². The molecule has 3 saturated heterocycles. The van der Waals surface area contributed by atoms with Gasteiger partial charge in [-0.15, -0.1) is 0 Å². The first kappa shape index (κ1) is 22.8. The third-order valence-corrected chi connectivity index (χ3v) is 13.5. The highest BCUT2D eigenvalue weighted by atomic mass is 31.2. The molecular formula is C23H38NO4PSi. The molecule has 4 rings (SSSR count). The van der Waals surface area contributed by atoms with Gasteiger partial charge in [-0.25, -0.2) is 4.67 Å². The lowest BCUT2D eigenvalue weighted by atomic mass is 10.0. The van der Waals surface area contributed by atoms with Crippen LogP contribution in [0.3, 0.4) is 0 Å². The summed E-state index contributed by atoms with van der Waals surface area (Å²) in [5, 5.41) is 0.162. The van der Waals surface area contributed by atoms with Gasteiger partial charge in [0.15, 0.2) is 8.32 Å². The Hall–Kier alpha value is -0.333. The zero-order chi connectivity index (χ0) is 21.5. The van der Waals surface area contributed by atoms with Crippen LogP contribution in [0.4, 0.5) is 0 Å². The van der Waals surface area contributed by atoms with E-state index < -0.39 is 16.8 Å². The maximum absolute atomic E-state index is 6.77. The maximum atomic E-state index is 6.77.